The van der Waals surface area contributed by atoms with Gasteiger partial charge in [-0.25, -0.2) is 22.2 Å². The van der Waals surface area contributed by atoms with Gasteiger partial charge < -0.3 is 0 Å². The Morgan fingerprint density at radius 3 is 2.33 bits per heavy atom. The summed E-state index contributed by atoms with van der Waals surface area (Å²) in [5.41, 5.74) is 0.787. The molecule has 0 unspecified atom stereocenters. The van der Waals surface area contributed by atoms with Crippen molar-refractivity contribution in [3.05, 3.63) is 81.3 Å². The highest BCUT2D eigenvalue weighted by atomic mass is 79.9. The van der Waals surface area contributed by atoms with E-state index in [1.807, 2.05) is 0 Å². The highest BCUT2D eigenvalue weighted by molar-refractivity contribution is 9.10. The fourth-order valence-corrected chi connectivity index (χ4v) is 3.65. The topological polar surface area (TPSA) is 81.1 Å². The van der Waals surface area contributed by atoms with E-state index in [9.17, 15) is 17.6 Å². The van der Waals surface area contributed by atoms with Crippen molar-refractivity contribution in [3.8, 4) is 11.3 Å². The third-order valence-corrected chi connectivity index (χ3v) is 5.75. The fraction of sp³-hybridized carbons (Fsp3) is 0.111. The standard InChI is InChI=1S/C18H15BrFN3O3S/c19-14-3-7-16(8-4-14)27(25,26)21-11-12-23-18(24)10-9-17(22-23)13-1-5-15(20)6-2-13/h1-10,21H,11-12H2. The van der Waals surface area contributed by atoms with Gasteiger partial charge in [-0.05, 0) is 54.6 Å². The van der Waals surface area contributed by atoms with Crippen LogP contribution in [-0.2, 0) is 16.6 Å². The third-order valence-electron chi connectivity index (χ3n) is 3.75. The number of aromatic nitrogens is 2. The van der Waals surface area contributed by atoms with E-state index in [1.165, 1.54) is 41.1 Å². The summed E-state index contributed by atoms with van der Waals surface area (Å²) in [4.78, 5) is 12.1. The molecule has 6 nitrogen and oxygen atoms in total. The highest BCUT2D eigenvalue weighted by Crippen LogP contribution is 2.16. The van der Waals surface area contributed by atoms with Crippen molar-refractivity contribution < 1.29 is 12.8 Å². The summed E-state index contributed by atoms with van der Waals surface area (Å²) >= 11 is 3.25. The molecular formula is C18H15BrFN3O3S. The monoisotopic (exact) mass is 451 g/mol. The summed E-state index contributed by atoms with van der Waals surface area (Å²) in [6, 6.07) is 14.8. The summed E-state index contributed by atoms with van der Waals surface area (Å²) in [5.74, 6) is -0.366. The maximum atomic E-state index is 13.0. The molecule has 0 saturated carbocycles. The van der Waals surface area contributed by atoms with Crippen molar-refractivity contribution >= 4 is 26.0 Å². The van der Waals surface area contributed by atoms with Crippen LogP contribution in [0, 0.1) is 5.82 Å². The average molecular weight is 452 g/mol. The minimum absolute atomic E-state index is 0.00181. The van der Waals surface area contributed by atoms with E-state index in [4.69, 9.17) is 0 Å². The largest absolute Gasteiger partial charge is 0.268 e. The van der Waals surface area contributed by atoms with Crippen LogP contribution in [0.15, 0.2) is 74.8 Å². The van der Waals surface area contributed by atoms with Crippen molar-refractivity contribution in [1.29, 1.82) is 0 Å². The normalized spacial score (nSPS) is 11.5. The van der Waals surface area contributed by atoms with E-state index in [-0.39, 0.29) is 29.4 Å². The molecule has 9 heteroatoms. The number of hydrogen-bond donors (Lipinski definition) is 1. The van der Waals surface area contributed by atoms with Gasteiger partial charge in [0.05, 0.1) is 17.1 Å². The van der Waals surface area contributed by atoms with Gasteiger partial charge in [-0.1, -0.05) is 15.9 Å². The van der Waals surface area contributed by atoms with E-state index in [0.29, 0.717) is 11.3 Å². The molecule has 0 saturated heterocycles. The van der Waals surface area contributed by atoms with E-state index < -0.39 is 10.0 Å². The van der Waals surface area contributed by atoms with Crippen LogP contribution in [-0.4, -0.2) is 24.7 Å². The molecule has 0 radical (unpaired) electrons. The molecule has 3 aromatic rings. The number of nitrogens with zero attached hydrogens (tertiary/aromatic N) is 2. The lowest BCUT2D eigenvalue weighted by atomic mass is 10.1. The minimum Gasteiger partial charge on any atom is -0.268 e. The lowest BCUT2D eigenvalue weighted by molar-refractivity contribution is 0.548. The average Bonchev–Trinajstić information content (AvgIpc) is 2.64. The first-order chi connectivity index (χ1) is 12.8. The number of halogens is 2. The van der Waals surface area contributed by atoms with Gasteiger partial charge >= 0.3 is 0 Å². The molecule has 2 aromatic carbocycles. The van der Waals surface area contributed by atoms with Crippen LogP contribution in [0.4, 0.5) is 4.39 Å². The Morgan fingerprint density at radius 1 is 1.00 bits per heavy atom. The minimum atomic E-state index is -3.68. The highest BCUT2D eigenvalue weighted by Gasteiger charge is 2.13. The van der Waals surface area contributed by atoms with Crippen LogP contribution in [0.3, 0.4) is 0 Å². The van der Waals surface area contributed by atoms with Crippen LogP contribution in [0.1, 0.15) is 0 Å². The van der Waals surface area contributed by atoms with Crippen LogP contribution >= 0.6 is 15.9 Å². The molecule has 0 aliphatic heterocycles. The van der Waals surface area contributed by atoms with Crippen LogP contribution in [0.2, 0.25) is 0 Å². The molecular weight excluding hydrogens is 437 g/mol. The zero-order chi connectivity index (χ0) is 19.4. The Morgan fingerprint density at radius 2 is 1.67 bits per heavy atom. The molecule has 27 heavy (non-hydrogen) atoms. The maximum absolute atomic E-state index is 13.0. The van der Waals surface area contributed by atoms with E-state index in [1.54, 1.807) is 24.3 Å². The Balaban J connectivity index is 1.72. The Kier molecular flexibility index (Phi) is 5.83. The molecule has 0 bridgehead atoms. The molecule has 3 rings (SSSR count). The van der Waals surface area contributed by atoms with Gasteiger partial charge in [0.15, 0.2) is 0 Å². The van der Waals surface area contributed by atoms with Crippen molar-refractivity contribution in [2.45, 2.75) is 11.4 Å². The number of hydrogen-bond acceptors (Lipinski definition) is 4. The summed E-state index contributed by atoms with van der Waals surface area (Å²) in [6.45, 7) is 0.0573. The molecule has 0 atom stereocenters. The number of benzene rings is 2. The Bertz CT molecular complexity index is 1100. The lowest BCUT2D eigenvalue weighted by Crippen LogP contribution is -2.32. The van der Waals surface area contributed by atoms with Gasteiger partial charge in [-0.3, -0.25) is 4.79 Å². The predicted molar refractivity (Wildman–Crippen MR) is 103 cm³/mol. The Hall–Kier alpha value is -2.36. The van der Waals surface area contributed by atoms with Gasteiger partial charge in [-0.2, -0.15) is 5.10 Å². The first-order valence-corrected chi connectivity index (χ1v) is 10.2. The molecule has 1 N–H and O–H groups in total. The number of nitrogens with one attached hydrogen (secondary N) is 1. The molecule has 0 aliphatic rings. The van der Waals surface area contributed by atoms with Gasteiger partial charge in [0.2, 0.25) is 10.0 Å². The van der Waals surface area contributed by atoms with E-state index in [0.717, 1.165) is 4.47 Å². The van der Waals surface area contributed by atoms with Crippen LogP contribution < -0.4 is 10.3 Å². The Labute approximate surface area is 163 Å². The van der Waals surface area contributed by atoms with Gasteiger partial charge in [0.25, 0.3) is 5.56 Å². The van der Waals surface area contributed by atoms with E-state index in [2.05, 4.69) is 25.8 Å². The second-order valence-electron chi connectivity index (χ2n) is 5.64. The van der Waals surface area contributed by atoms with Crippen molar-refractivity contribution in [1.82, 2.24) is 14.5 Å². The fourth-order valence-electron chi connectivity index (χ4n) is 2.37. The second kappa shape index (κ2) is 8.12. The van der Waals surface area contributed by atoms with Crippen molar-refractivity contribution in [2.24, 2.45) is 0 Å². The van der Waals surface area contributed by atoms with E-state index >= 15 is 0 Å². The molecule has 0 aliphatic carbocycles. The van der Waals surface area contributed by atoms with Gasteiger partial charge in [0, 0.05) is 22.6 Å². The molecule has 140 valence electrons. The predicted octanol–water partition coefficient (Wildman–Crippen LogP) is 2.79. The first-order valence-electron chi connectivity index (χ1n) is 7.94. The number of sulfonamides is 1. The molecule has 0 fully saturated rings. The van der Waals surface area contributed by atoms with Crippen molar-refractivity contribution in [2.75, 3.05) is 6.54 Å². The zero-order valence-corrected chi connectivity index (χ0v) is 16.4. The summed E-state index contributed by atoms with van der Waals surface area (Å²) in [5, 5.41) is 4.22. The quantitative estimate of drug-likeness (QED) is 0.624. The van der Waals surface area contributed by atoms with Crippen molar-refractivity contribution in [3.63, 3.8) is 0 Å². The second-order valence-corrected chi connectivity index (χ2v) is 8.32. The molecule has 0 spiro atoms. The molecule has 0 amide bonds. The van der Waals surface area contributed by atoms with Gasteiger partial charge in [0.1, 0.15) is 5.82 Å². The SMILES string of the molecule is O=c1ccc(-c2ccc(F)cc2)nn1CCNS(=O)(=O)c1ccc(Br)cc1. The summed E-state index contributed by atoms with van der Waals surface area (Å²) < 4.78 is 42.0. The molecule has 1 aromatic heterocycles. The summed E-state index contributed by atoms with van der Waals surface area (Å²) in [6.07, 6.45) is 0. The first kappa shape index (κ1) is 19.4. The smallest absolute Gasteiger partial charge is 0.266 e. The number of rotatable bonds is 6. The summed E-state index contributed by atoms with van der Waals surface area (Å²) in [7, 11) is -3.68. The maximum Gasteiger partial charge on any atom is 0.266 e. The van der Waals surface area contributed by atoms with Crippen LogP contribution in [0.25, 0.3) is 11.3 Å². The lowest BCUT2D eigenvalue weighted by Gasteiger charge is -2.09. The molecule has 1 heterocycles. The van der Waals surface area contributed by atoms with Crippen LogP contribution in [0.5, 0.6) is 0 Å². The van der Waals surface area contributed by atoms with Gasteiger partial charge in [-0.15, -0.1) is 0 Å². The third kappa shape index (κ3) is 4.88. The zero-order valence-electron chi connectivity index (χ0n) is 14.0.